The Morgan fingerprint density at radius 3 is 1.31 bits per heavy atom. The first-order valence-corrected chi connectivity index (χ1v) is 15.8. The second-order valence-electron chi connectivity index (χ2n) is 11.9. The van der Waals surface area contributed by atoms with Crippen LogP contribution < -0.4 is 0 Å². The molecule has 0 atom stereocenters. The van der Waals surface area contributed by atoms with Crippen molar-refractivity contribution < 1.29 is 39.6 Å². The molecule has 8 heteroatoms. The summed E-state index contributed by atoms with van der Waals surface area (Å²) in [4.78, 5) is 49.5. The Kier molecular flexibility index (Phi) is 9.51. The fraction of sp³-hybridized carbons (Fsp3) is 0.351. The lowest BCUT2D eigenvalue weighted by Crippen LogP contribution is -2.08. The lowest BCUT2D eigenvalue weighted by atomic mass is 9.82. The van der Waals surface area contributed by atoms with E-state index in [1.807, 2.05) is 0 Å². The van der Waals surface area contributed by atoms with Crippen LogP contribution in [0.2, 0.25) is 0 Å². The zero-order valence-electron chi connectivity index (χ0n) is 25.4. The lowest BCUT2D eigenvalue weighted by Gasteiger charge is -2.21. The number of unbranched alkanes of at least 4 members (excludes halogenated alkanes) is 10. The second kappa shape index (κ2) is 13.5. The highest BCUT2D eigenvalue weighted by Crippen LogP contribution is 2.45. The van der Waals surface area contributed by atoms with Gasteiger partial charge in [0.15, 0.2) is 0 Å². The summed E-state index contributed by atoms with van der Waals surface area (Å²) in [6.45, 7) is 2.21. The van der Waals surface area contributed by atoms with Gasteiger partial charge in [0, 0.05) is 10.8 Å². The predicted molar refractivity (Wildman–Crippen MR) is 176 cm³/mol. The predicted octanol–water partition coefficient (Wildman–Crippen LogP) is 9.38. The molecule has 234 valence electrons. The first kappa shape index (κ1) is 31.7. The number of carbonyl (C=O) groups is 4. The third-order valence-electron chi connectivity index (χ3n) is 9.06. The summed E-state index contributed by atoms with van der Waals surface area (Å²) in [5.74, 6) is -5.02. The molecule has 0 bridgehead atoms. The smallest absolute Gasteiger partial charge is 0.336 e. The van der Waals surface area contributed by atoms with Gasteiger partial charge in [-0.3, -0.25) is 0 Å². The zero-order chi connectivity index (χ0) is 32.2. The summed E-state index contributed by atoms with van der Waals surface area (Å²) in [5, 5.41) is 43.8. The summed E-state index contributed by atoms with van der Waals surface area (Å²) < 4.78 is 0. The molecule has 5 rings (SSSR count). The van der Waals surface area contributed by atoms with Crippen molar-refractivity contribution in [3.8, 4) is 0 Å². The molecule has 45 heavy (non-hydrogen) atoms. The molecule has 4 N–H and O–H groups in total. The number of benzene rings is 5. The van der Waals surface area contributed by atoms with Gasteiger partial charge in [0.25, 0.3) is 0 Å². The van der Waals surface area contributed by atoms with Crippen LogP contribution in [0, 0.1) is 0 Å². The summed E-state index contributed by atoms with van der Waals surface area (Å²) in [5.41, 5.74) is 0.177. The largest absolute Gasteiger partial charge is 0.478 e. The van der Waals surface area contributed by atoms with Crippen molar-refractivity contribution in [3.63, 3.8) is 0 Å². The summed E-state index contributed by atoms with van der Waals surface area (Å²) in [6, 6.07) is 10.5. The van der Waals surface area contributed by atoms with Crippen molar-refractivity contribution in [1.29, 1.82) is 0 Å². The molecule has 0 aromatic heterocycles. The highest BCUT2D eigenvalue weighted by atomic mass is 16.4. The van der Waals surface area contributed by atoms with Gasteiger partial charge in [0.1, 0.15) is 0 Å². The van der Waals surface area contributed by atoms with Crippen molar-refractivity contribution in [2.24, 2.45) is 0 Å². The summed E-state index contributed by atoms with van der Waals surface area (Å²) in [6.07, 6.45) is 13.3. The van der Waals surface area contributed by atoms with Gasteiger partial charge in [0.05, 0.1) is 22.3 Å². The highest BCUT2D eigenvalue weighted by Gasteiger charge is 2.27. The van der Waals surface area contributed by atoms with Crippen LogP contribution in [0.15, 0.2) is 42.5 Å². The first-order chi connectivity index (χ1) is 21.7. The summed E-state index contributed by atoms with van der Waals surface area (Å²) >= 11 is 0. The van der Waals surface area contributed by atoms with Crippen LogP contribution in [-0.4, -0.2) is 44.3 Å². The van der Waals surface area contributed by atoms with Gasteiger partial charge in [-0.25, -0.2) is 19.2 Å². The van der Waals surface area contributed by atoms with Gasteiger partial charge in [0.2, 0.25) is 0 Å². The molecular formula is C37H38O8. The van der Waals surface area contributed by atoms with Gasteiger partial charge in [-0.05, 0) is 75.0 Å². The number of carboxylic acids is 4. The number of rotatable bonds is 16. The van der Waals surface area contributed by atoms with Crippen molar-refractivity contribution in [1.82, 2.24) is 0 Å². The molecule has 0 spiro atoms. The van der Waals surface area contributed by atoms with Crippen LogP contribution in [0.4, 0.5) is 0 Å². The van der Waals surface area contributed by atoms with Crippen LogP contribution in [0.5, 0.6) is 0 Å². The standard InChI is InChI=1S/C37H38O8/c1-2-3-4-5-6-7-8-9-10-11-12-13-21-20-28(37(44)45)32-27(36(42)43)18-15-23-22-14-17-25(34(38)39)31-26(35(40)41)19-16-24(30(22)31)29(21)33(23)32/h14-20H,2-13H2,1H3,(H,38,39)(H,40,41)(H,42,43)(H,44,45). The number of hydrogen-bond acceptors (Lipinski definition) is 4. The average Bonchev–Trinajstić information content (AvgIpc) is 3.01. The maximum atomic E-state index is 12.6. The molecule has 0 saturated carbocycles. The van der Waals surface area contributed by atoms with Crippen LogP contribution in [0.3, 0.4) is 0 Å². The first-order valence-electron chi connectivity index (χ1n) is 15.8. The SMILES string of the molecule is CCCCCCCCCCCCCc1cc(C(=O)O)c2c(C(=O)O)ccc3c4ccc(C(=O)O)c5c(C(=O)O)ccc(c1c23)c54. The van der Waals surface area contributed by atoms with Gasteiger partial charge in [-0.2, -0.15) is 0 Å². The monoisotopic (exact) mass is 610 g/mol. The number of carboxylic acid groups (broad SMARTS) is 4. The van der Waals surface area contributed by atoms with E-state index < -0.39 is 23.9 Å². The van der Waals surface area contributed by atoms with Crippen LogP contribution in [-0.2, 0) is 6.42 Å². The number of aryl methyl sites for hydroxylation is 1. The molecule has 0 aliphatic heterocycles. The Bertz CT molecular complexity index is 1920. The van der Waals surface area contributed by atoms with E-state index in [2.05, 4.69) is 6.92 Å². The van der Waals surface area contributed by atoms with Crippen LogP contribution in [0.1, 0.15) is 125 Å². The molecular weight excluding hydrogens is 572 g/mol. The van der Waals surface area contributed by atoms with Crippen LogP contribution in [0.25, 0.3) is 43.1 Å². The van der Waals surface area contributed by atoms with Gasteiger partial charge in [-0.15, -0.1) is 0 Å². The topological polar surface area (TPSA) is 149 Å². The fourth-order valence-corrected chi connectivity index (χ4v) is 6.96. The van der Waals surface area contributed by atoms with Crippen molar-refractivity contribution >= 4 is 67.0 Å². The zero-order valence-corrected chi connectivity index (χ0v) is 25.4. The van der Waals surface area contributed by atoms with E-state index >= 15 is 0 Å². The third-order valence-corrected chi connectivity index (χ3v) is 9.06. The Hall–Kier alpha value is -4.72. The molecule has 5 aromatic carbocycles. The Morgan fingerprint density at radius 1 is 0.444 bits per heavy atom. The van der Waals surface area contributed by atoms with E-state index in [0.29, 0.717) is 38.7 Å². The Morgan fingerprint density at radius 2 is 0.844 bits per heavy atom. The Labute approximate surface area is 260 Å². The Balaban J connectivity index is 1.64. The van der Waals surface area contributed by atoms with E-state index in [0.717, 1.165) is 31.2 Å². The minimum absolute atomic E-state index is 0.0917. The summed E-state index contributed by atoms with van der Waals surface area (Å²) in [7, 11) is 0. The van der Waals surface area contributed by atoms with Crippen molar-refractivity contribution in [2.45, 2.75) is 84.0 Å². The molecule has 0 radical (unpaired) electrons. The maximum absolute atomic E-state index is 12.6. The molecule has 0 amide bonds. The van der Waals surface area contributed by atoms with E-state index in [1.165, 1.54) is 63.1 Å². The number of aromatic carboxylic acids is 4. The van der Waals surface area contributed by atoms with Gasteiger partial charge in [-0.1, -0.05) is 89.3 Å². The highest BCUT2D eigenvalue weighted by molar-refractivity contribution is 6.38. The van der Waals surface area contributed by atoms with Crippen molar-refractivity contribution in [2.75, 3.05) is 0 Å². The van der Waals surface area contributed by atoms with E-state index in [4.69, 9.17) is 0 Å². The van der Waals surface area contributed by atoms with Gasteiger partial charge < -0.3 is 20.4 Å². The van der Waals surface area contributed by atoms with E-state index in [1.54, 1.807) is 24.3 Å². The van der Waals surface area contributed by atoms with Gasteiger partial charge >= 0.3 is 23.9 Å². The lowest BCUT2D eigenvalue weighted by molar-refractivity contribution is 0.0681. The molecule has 0 fully saturated rings. The fourth-order valence-electron chi connectivity index (χ4n) is 6.96. The molecule has 0 aliphatic rings. The van der Waals surface area contributed by atoms with Crippen LogP contribution >= 0.6 is 0 Å². The minimum atomic E-state index is -1.26. The third kappa shape index (κ3) is 6.01. The van der Waals surface area contributed by atoms with Crippen molar-refractivity contribution in [3.05, 3.63) is 70.3 Å². The molecule has 5 aromatic rings. The molecule has 0 saturated heterocycles. The average molecular weight is 611 g/mol. The molecule has 8 nitrogen and oxygen atoms in total. The molecule has 0 aliphatic carbocycles. The maximum Gasteiger partial charge on any atom is 0.336 e. The molecule has 0 heterocycles. The minimum Gasteiger partial charge on any atom is -0.478 e. The number of fused-ring (bicyclic) bond motifs is 2. The normalized spacial score (nSPS) is 11.7. The second-order valence-corrected chi connectivity index (χ2v) is 11.9. The van der Waals surface area contributed by atoms with E-state index in [9.17, 15) is 39.6 Å². The molecule has 0 unspecified atom stereocenters. The number of hydrogen-bond donors (Lipinski definition) is 4. The quantitative estimate of drug-likeness (QED) is 0.0490. The van der Waals surface area contributed by atoms with E-state index in [-0.39, 0.29) is 33.0 Å².